The molecule has 0 aromatic carbocycles. The molecule has 1 aromatic rings. The second kappa shape index (κ2) is 8.66. The van der Waals surface area contributed by atoms with Crippen molar-refractivity contribution < 1.29 is 14.7 Å². The lowest BCUT2D eigenvalue weighted by atomic mass is 9.85. The number of aliphatic carboxylic acids is 1. The Morgan fingerprint density at radius 1 is 1.36 bits per heavy atom. The standard InChI is InChI=1S/C17H27N5O3/c1-4-22(11-15(23)24)14-8-13(9-14)20-17(25)19-10-12-6-5-7-18-16(12)21(2)3/h5-7,13-14H,4,8-11H2,1-3H3,(H,23,24)(H2,19,20,25). The van der Waals surface area contributed by atoms with Crippen LogP contribution in [0.3, 0.4) is 0 Å². The third-order valence-corrected chi connectivity index (χ3v) is 4.44. The fraction of sp³-hybridized carbons (Fsp3) is 0.588. The van der Waals surface area contributed by atoms with Crippen LogP contribution in [0.5, 0.6) is 0 Å². The van der Waals surface area contributed by atoms with E-state index < -0.39 is 5.97 Å². The molecule has 138 valence electrons. The average molecular weight is 349 g/mol. The molecule has 3 N–H and O–H groups in total. The smallest absolute Gasteiger partial charge is 0.317 e. The molecule has 8 nitrogen and oxygen atoms in total. The first-order valence-corrected chi connectivity index (χ1v) is 8.52. The van der Waals surface area contributed by atoms with Gasteiger partial charge in [0.25, 0.3) is 0 Å². The molecule has 0 bridgehead atoms. The van der Waals surface area contributed by atoms with Gasteiger partial charge >= 0.3 is 12.0 Å². The largest absolute Gasteiger partial charge is 0.480 e. The van der Waals surface area contributed by atoms with E-state index in [0.717, 1.165) is 24.2 Å². The Labute approximate surface area is 148 Å². The first-order valence-electron chi connectivity index (χ1n) is 8.52. The number of amides is 2. The van der Waals surface area contributed by atoms with E-state index in [1.807, 2.05) is 43.0 Å². The summed E-state index contributed by atoms with van der Waals surface area (Å²) in [4.78, 5) is 31.0. The maximum absolute atomic E-state index is 12.1. The number of pyridine rings is 1. The van der Waals surface area contributed by atoms with Crippen LogP contribution in [0.25, 0.3) is 0 Å². The average Bonchev–Trinajstić information content (AvgIpc) is 2.54. The first kappa shape index (κ1) is 19.0. The highest BCUT2D eigenvalue weighted by atomic mass is 16.4. The van der Waals surface area contributed by atoms with Gasteiger partial charge in [0, 0.05) is 44.5 Å². The van der Waals surface area contributed by atoms with E-state index in [0.29, 0.717) is 13.1 Å². The quantitative estimate of drug-likeness (QED) is 0.645. The zero-order valence-corrected chi connectivity index (χ0v) is 15.0. The number of anilines is 1. The highest BCUT2D eigenvalue weighted by molar-refractivity contribution is 5.74. The molecular formula is C17H27N5O3. The van der Waals surface area contributed by atoms with Gasteiger partial charge in [0.05, 0.1) is 6.54 Å². The molecule has 0 radical (unpaired) electrons. The maximum atomic E-state index is 12.1. The van der Waals surface area contributed by atoms with E-state index in [1.165, 1.54) is 0 Å². The van der Waals surface area contributed by atoms with E-state index in [4.69, 9.17) is 5.11 Å². The van der Waals surface area contributed by atoms with Crippen molar-refractivity contribution in [3.8, 4) is 0 Å². The minimum atomic E-state index is -0.816. The molecule has 1 aliphatic carbocycles. The summed E-state index contributed by atoms with van der Waals surface area (Å²) in [6.45, 7) is 3.11. The summed E-state index contributed by atoms with van der Waals surface area (Å²) in [5.41, 5.74) is 0.952. The van der Waals surface area contributed by atoms with Crippen LogP contribution in [0.15, 0.2) is 18.3 Å². The monoisotopic (exact) mass is 349 g/mol. The SMILES string of the molecule is CCN(CC(=O)O)C1CC(NC(=O)NCc2cccnc2N(C)C)C1. The van der Waals surface area contributed by atoms with Gasteiger partial charge in [0.1, 0.15) is 5.82 Å². The maximum Gasteiger partial charge on any atom is 0.317 e. The summed E-state index contributed by atoms with van der Waals surface area (Å²) in [7, 11) is 3.83. The molecule has 2 amide bonds. The Morgan fingerprint density at radius 2 is 2.08 bits per heavy atom. The summed E-state index contributed by atoms with van der Waals surface area (Å²) < 4.78 is 0. The normalized spacial score (nSPS) is 19.2. The van der Waals surface area contributed by atoms with Crippen molar-refractivity contribution in [3.63, 3.8) is 0 Å². The molecular weight excluding hydrogens is 322 g/mol. The topological polar surface area (TPSA) is 97.8 Å². The zero-order valence-electron chi connectivity index (χ0n) is 15.0. The van der Waals surface area contributed by atoms with Gasteiger partial charge in [-0.15, -0.1) is 0 Å². The number of hydrogen-bond donors (Lipinski definition) is 3. The van der Waals surface area contributed by atoms with E-state index in [9.17, 15) is 9.59 Å². The number of carbonyl (C=O) groups is 2. The summed E-state index contributed by atoms with van der Waals surface area (Å²) in [6.07, 6.45) is 3.29. The van der Waals surface area contributed by atoms with E-state index in [1.54, 1.807) is 6.20 Å². The van der Waals surface area contributed by atoms with Gasteiger partial charge in [-0.3, -0.25) is 9.69 Å². The second-order valence-corrected chi connectivity index (χ2v) is 6.49. The van der Waals surface area contributed by atoms with Crippen LogP contribution in [-0.2, 0) is 11.3 Å². The van der Waals surface area contributed by atoms with Crippen molar-refractivity contribution in [2.24, 2.45) is 0 Å². The van der Waals surface area contributed by atoms with Crippen LogP contribution >= 0.6 is 0 Å². The van der Waals surface area contributed by atoms with Crippen molar-refractivity contribution in [3.05, 3.63) is 23.9 Å². The minimum absolute atomic E-state index is 0.0500. The Kier molecular flexibility index (Phi) is 6.58. The highest BCUT2D eigenvalue weighted by Crippen LogP contribution is 2.25. The van der Waals surface area contributed by atoms with Gasteiger partial charge in [0.15, 0.2) is 0 Å². The number of nitrogens with zero attached hydrogens (tertiary/aromatic N) is 3. The molecule has 8 heteroatoms. The Morgan fingerprint density at radius 3 is 2.68 bits per heavy atom. The third-order valence-electron chi connectivity index (χ3n) is 4.44. The van der Waals surface area contributed by atoms with Crippen molar-refractivity contribution in [1.29, 1.82) is 0 Å². The molecule has 1 aromatic heterocycles. The van der Waals surface area contributed by atoms with Crippen LogP contribution in [0.2, 0.25) is 0 Å². The summed E-state index contributed by atoms with van der Waals surface area (Å²) in [6, 6.07) is 3.89. The van der Waals surface area contributed by atoms with Crippen LogP contribution in [0, 0.1) is 0 Å². The van der Waals surface area contributed by atoms with E-state index in [2.05, 4.69) is 15.6 Å². The van der Waals surface area contributed by atoms with E-state index in [-0.39, 0.29) is 24.7 Å². The Hall–Kier alpha value is -2.35. The highest BCUT2D eigenvalue weighted by Gasteiger charge is 2.34. The van der Waals surface area contributed by atoms with Crippen LogP contribution in [0.4, 0.5) is 10.6 Å². The number of urea groups is 1. The predicted octanol–water partition coefficient (Wildman–Crippen LogP) is 0.884. The molecule has 1 aliphatic rings. The van der Waals surface area contributed by atoms with Crippen molar-refractivity contribution in [2.75, 3.05) is 32.1 Å². The van der Waals surface area contributed by atoms with Gasteiger partial charge in [-0.2, -0.15) is 0 Å². The molecule has 0 spiro atoms. The van der Waals surface area contributed by atoms with Gasteiger partial charge in [-0.05, 0) is 25.5 Å². The number of carbonyl (C=O) groups excluding carboxylic acids is 1. The fourth-order valence-corrected chi connectivity index (χ4v) is 3.06. The predicted molar refractivity (Wildman–Crippen MR) is 95.6 cm³/mol. The van der Waals surface area contributed by atoms with Gasteiger partial charge in [-0.1, -0.05) is 13.0 Å². The molecule has 1 heterocycles. The van der Waals surface area contributed by atoms with Crippen LogP contribution < -0.4 is 15.5 Å². The van der Waals surface area contributed by atoms with Gasteiger partial charge < -0.3 is 20.6 Å². The van der Waals surface area contributed by atoms with Crippen molar-refractivity contribution in [2.45, 2.75) is 38.4 Å². The molecule has 1 saturated carbocycles. The number of hydrogen-bond acceptors (Lipinski definition) is 5. The molecule has 2 rings (SSSR count). The van der Waals surface area contributed by atoms with Crippen molar-refractivity contribution >= 4 is 17.8 Å². The molecule has 0 unspecified atom stereocenters. The molecule has 0 saturated heterocycles. The van der Waals surface area contributed by atoms with Crippen molar-refractivity contribution in [1.82, 2.24) is 20.5 Å². The number of rotatable bonds is 8. The summed E-state index contributed by atoms with van der Waals surface area (Å²) in [5.74, 6) is 0.0166. The van der Waals surface area contributed by atoms with E-state index >= 15 is 0 Å². The number of carboxylic acids is 1. The van der Waals surface area contributed by atoms with Gasteiger partial charge in [-0.25, -0.2) is 9.78 Å². The molecule has 0 atom stereocenters. The van der Waals surface area contributed by atoms with Gasteiger partial charge in [0.2, 0.25) is 0 Å². The lowest BCUT2D eigenvalue weighted by molar-refractivity contribution is -0.139. The molecule has 0 aliphatic heterocycles. The number of nitrogens with one attached hydrogen (secondary N) is 2. The van der Waals surface area contributed by atoms with Crippen LogP contribution in [-0.4, -0.2) is 66.3 Å². The number of likely N-dealkylation sites (N-methyl/N-ethyl adjacent to an activating group) is 1. The Bertz CT molecular complexity index is 602. The Balaban J connectivity index is 1.75. The third kappa shape index (κ3) is 5.32. The summed E-state index contributed by atoms with van der Waals surface area (Å²) >= 11 is 0. The first-order chi connectivity index (χ1) is 11.9. The number of carboxylic acid groups (broad SMARTS) is 1. The molecule has 1 fully saturated rings. The molecule has 25 heavy (non-hydrogen) atoms. The number of aromatic nitrogens is 1. The van der Waals surface area contributed by atoms with Crippen LogP contribution in [0.1, 0.15) is 25.3 Å². The lowest BCUT2D eigenvalue weighted by Gasteiger charge is -2.42. The lowest BCUT2D eigenvalue weighted by Crippen LogP contribution is -2.56. The summed E-state index contributed by atoms with van der Waals surface area (Å²) in [5, 5.41) is 14.7. The minimum Gasteiger partial charge on any atom is -0.480 e. The fourth-order valence-electron chi connectivity index (χ4n) is 3.06. The second-order valence-electron chi connectivity index (χ2n) is 6.49. The zero-order chi connectivity index (χ0) is 18.4.